The van der Waals surface area contributed by atoms with E-state index in [-0.39, 0.29) is 0 Å². The Bertz CT molecular complexity index is 1170. The van der Waals surface area contributed by atoms with Crippen molar-refractivity contribution in [3.63, 3.8) is 0 Å². The molecular weight excluding hydrogens is 432 g/mol. The van der Waals surface area contributed by atoms with Crippen LogP contribution in [0.3, 0.4) is 0 Å². The summed E-state index contributed by atoms with van der Waals surface area (Å²) in [6.45, 7) is 26.0. The van der Waals surface area contributed by atoms with Crippen LogP contribution in [0.4, 0.5) is 0 Å². The van der Waals surface area contributed by atoms with Gasteiger partial charge in [0.25, 0.3) is 0 Å². The number of rotatable bonds is 11. The average molecular weight is 476 g/mol. The predicted octanol–water partition coefficient (Wildman–Crippen LogP) is 9.88. The first-order valence-corrected chi connectivity index (χ1v) is 13.4. The van der Waals surface area contributed by atoms with Gasteiger partial charge < -0.3 is 0 Å². The predicted molar refractivity (Wildman–Crippen MR) is 159 cm³/mol. The van der Waals surface area contributed by atoms with Gasteiger partial charge in [-0.05, 0) is 123 Å². The molecule has 0 N–H and O–H groups in total. The Morgan fingerprint density at radius 2 is 1.64 bits per heavy atom. The average Bonchev–Trinajstić information content (AvgIpc) is 2.86. The lowest BCUT2D eigenvalue weighted by Gasteiger charge is -2.26. The monoisotopic (exact) mass is 475 g/mol. The van der Waals surface area contributed by atoms with Crippen LogP contribution in [0.2, 0.25) is 0 Å². The smallest absolute Gasteiger partial charge is 0.0117 e. The summed E-state index contributed by atoms with van der Waals surface area (Å²) in [6.07, 6.45) is 7.68. The lowest BCUT2D eigenvalue weighted by atomic mass is 9.79. The molecule has 3 aromatic rings. The van der Waals surface area contributed by atoms with Gasteiger partial charge in [-0.25, -0.2) is 0 Å². The van der Waals surface area contributed by atoms with E-state index >= 15 is 0 Å². The first-order valence-electron chi connectivity index (χ1n) is 13.4. The van der Waals surface area contributed by atoms with Crippen molar-refractivity contribution >= 4 is 11.6 Å². The molecule has 0 saturated heterocycles. The number of benzene rings is 3. The second-order valence-electron chi connectivity index (χ2n) is 10.5. The molecule has 0 aliphatic heterocycles. The number of allylic oxidation sites excluding steroid dienone is 2. The Labute approximate surface area is 221 Å². The number of hydrogen-bond acceptors (Lipinski definition) is 0. The van der Waals surface area contributed by atoms with Crippen LogP contribution in [0, 0.1) is 47.1 Å². The van der Waals surface area contributed by atoms with Crippen molar-refractivity contribution in [3.8, 4) is 0 Å². The third kappa shape index (κ3) is 7.10. The topological polar surface area (TPSA) is 0 Å². The summed E-state index contributed by atoms with van der Waals surface area (Å²) >= 11 is 0. The van der Waals surface area contributed by atoms with Gasteiger partial charge in [-0.2, -0.15) is 0 Å². The molecule has 0 aliphatic rings. The van der Waals surface area contributed by atoms with Gasteiger partial charge in [0.1, 0.15) is 0 Å². The van der Waals surface area contributed by atoms with Gasteiger partial charge in [-0.1, -0.05) is 98.3 Å². The van der Waals surface area contributed by atoms with Crippen LogP contribution in [0.15, 0.2) is 66.2 Å². The molecule has 0 aliphatic carbocycles. The Morgan fingerprint density at radius 1 is 0.972 bits per heavy atom. The van der Waals surface area contributed by atoms with Gasteiger partial charge in [0.05, 0.1) is 0 Å². The van der Waals surface area contributed by atoms with Crippen molar-refractivity contribution in [2.75, 3.05) is 0 Å². The minimum Gasteiger partial charge on any atom is -0.0690 e. The minimum atomic E-state index is 0.459. The van der Waals surface area contributed by atoms with E-state index < -0.39 is 0 Å². The molecule has 3 radical (unpaired) electrons. The van der Waals surface area contributed by atoms with Gasteiger partial charge in [0, 0.05) is 0 Å². The lowest BCUT2D eigenvalue weighted by molar-refractivity contribution is 0.402. The first-order chi connectivity index (χ1) is 17.2. The van der Waals surface area contributed by atoms with E-state index in [1.165, 1.54) is 51.8 Å². The molecule has 3 aromatic carbocycles. The van der Waals surface area contributed by atoms with Crippen LogP contribution in [-0.2, 0) is 12.8 Å². The Balaban J connectivity index is 1.88. The number of aryl methyl sites for hydroxylation is 4. The van der Waals surface area contributed by atoms with Gasteiger partial charge in [0.15, 0.2) is 0 Å². The Hall–Kier alpha value is -2.86. The van der Waals surface area contributed by atoms with Gasteiger partial charge in [-0.15, -0.1) is 0 Å². The Morgan fingerprint density at radius 3 is 2.25 bits per heavy atom. The fraction of sp³-hybridized carbons (Fsp3) is 0.333. The molecule has 0 amide bonds. The van der Waals surface area contributed by atoms with E-state index in [2.05, 4.69) is 115 Å². The third-order valence-electron chi connectivity index (χ3n) is 7.71. The summed E-state index contributed by atoms with van der Waals surface area (Å²) < 4.78 is 0. The van der Waals surface area contributed by atoms with Gasteiger partial charge in [-0.3, -0.25) is 0 Å². The second kappa shape index (κ2) is 12.9. The largest absolute Gasteiger partial charge is 0.0690 e. The molecule has 0 heterocycles. The zero-order valence-electron chi connectivity index (χ0n) is 23.0. The molecule has 0 nitrogen and oxygen atoms in total. The van der Waals surface area contributed by atoms with Crippen molar-refractivity contribution in [1.29, 1.82) is 0 Å². The van der Waals surface area contributed by atoms with Crippen molar-refractivity contribution in [1.82, 2.24) is 0 Å². The van der Waals surface area contributed by atoms with E-state index in [1.54, 1.807) is 0 Å². The van der Waals surface area contributed by atoms with Crippen LogP contribution in [0.5, 0.6) is 0 Å². The first kappa shape index (κ1) is 27.7. The molecule has 0 bridgehead atoms. The summed E-state index contributed by atoms with van der Waals surface area (Å²) in [5, 5.41) is 0. The van der Waals surface area contributed by atoms with Gasteiger partial charge in [0.2, 0.25) is 0 Å². The van der Waals surface area contributed by atoms with Crippen LogP contribution in [-0.4, -0.2) is 0 Å². The Kier molecular flexibility index (Phi) is 9.94. The van der Waals surface area contributed by atoms with Crippen LogP contribution < -0.4 is 0 Å². The third-order valence-corrected chi connectivity index (χ3v) is 7.71. The summed E-state index contributed by atoms with van der Waals surface area (Å²) in [4.78, 5) is 0. The van der Waals surface area contributed by atoms with Crippen LogP contribution in [0.25, 0.3) is 11.6 Å². The summed E-state index contributed by atoms with van der Waals surface area (Å²) in [5.74, 6) is 0.974. The molecule has 187 valence electrons. The highest BCUT2D eigenvalue weighted by atomic mass is 14.2. The lowest BCUT2D eigenvalue weighted by Crippen LogP contribution is -2.12. The van der Waals surface area contributed by atoms with E-state index in [1.807, 2.05) is 0 Å². The normalized spacial score (nSPS) is 13.5. The maximum atomic E-state index is 6.30. The molecule has 0 saturated carbocycles. The highest BCUT2D eigenvalue weighted by Crippen LogP contribution is 2.35. The van der Waals surface area contributed by atoms with Crippen molar-refractivity contribution in [3.05, 3.63) is 131 Å². The van der Waals surface area contributed by atoms with Crippen molar-refractivity contribution < 1.29 is 0 Å². The van der Waals surface area contributed by atoms with Crippen LogP contribution >= 0.6 is 0 Å². The van der Waals surface area contributed by atoms with E-state index in [9.17, 15) is 0 Å². The molecule has 0 heteroatoms. The zero-order chi connectivity index (χ0) is 26.2. The summed E-state index contributed by atoms with van der Waals surface area (Å²) in [5.41, 5.74) is 12.0. The molecule has 36 heavy (non-hydrogen) atoms. The van der Waals surface area contributed by atoms with E-state index in [0.717, 1.165) is 30.4 Å². The van der Waals surface area contributed by atoms with Crippen molar-refractivity contribution in [2.24, 2.45) is 5.92 Å². The molecule has 0 aromatic heterocycles. The second-order valence-corrected chi connectivity index (χ2v) is 10.5. The zero-order valence-corrected chi connectivity index (χ0v) is 23.0. The highest BCUT2D eigenvalue weighted by molar-refractivity contribution is 5.79. The van der Waals surface area contributed by atoms with Gasteiger partial charge >= 0.3 is 0 Å². The molecule has 0 fully saturated rings. The fourth-order valence-electron chi connectivity index (χ4n) is 5.46. The van der Waals surface area contributed by atoms with Crippen LogP contribution in [0.1, 0.15) is 83.5 Å². The fourth-order valence-corrected chi connectivity index (χ4v) is 5.46. The minimum absolute atomic E-state index is 0.459. The molecule has 0 spiro atoms. The standard InChI is InChI=1S/C36H43/c1-9-32-24-28(6)35(36(25(2)3)30(32)8)23-27(5)22-34(17-13-16-31-14-11-10-12-15-31)29(7)33-20-18-26(4)19-21-33/h2,10-12,14-15,18-21,23-24,29,34H,3,5,9,13,16-17,22H2,1,4,6-8H3/b25-2?,27-23+. The highest BCUT2D eigenvalue weighted by Gasteiger charge is 2.20. The summed E-state index contributed by atoms with van der Waals surface area (Å²) in [7, 11) is 0. The maximum Gasteiger partial charge on any atom is -0.0117 e. The van der Waals surface area contributed by atoms with Crippen molar-refractivity contribution in [2.45, 2.75) is 72.6 Å². The number of hydrogen-bond donors (Lipinski definition) is 0. The molecule has 3 rings (SSSR count). The molecule has 2 atom stereocenters. The van der Waals surface area contributed by atoms with E-state index in [0.29, 0.717) is 17.4 Å². The summed E-state index contributed by atoms with van der Waals surface area (Å²) in [6, 6.07) is 22.2. The molecule has 2 unspecified atom stereocenters. The molecular formula is C36H43. The SMILES string of the molecule is [CH]=C([CH2])c1c(C)c(CC)cc(C)c1/C=C(\[CH2])CC(CCCc1ccccc1)C(C)c1ccc(C)cc1. The van der Waals surface area contributed by atoms with E-state index in [4.69, 9.17) is 6.58 Å². The quantitative estimate of drug-likeness (QED) is 0.259. The maximum absolute atomic E-state index is 6.30.